The molecule has 1 heterocycles. The highest BCUT2D eigenvalue weighted by atomic mass is 79.9. The molecule has 0 saturated carbocycles. The van der Waals surface area contributed by atoms with Gasteiger partial charge in [0, 0.05) is 13.1 Å². The summed E-state index contributed by atoms with van der Waals surface area (Å²) < 4.78 is 14.0. The molecule has 2 rings (SSSR count). The van der Waals surface area contributed by atoms with Crippen LogP contribution in [0.5, 0.6) is 0 Å². The molecule has 1 aliphatic rings. The molecule has 0 bridgehead atoms. The van der Waals surface area contributed by atoms with Gasteiger partial charge in [-0.15, -0.1) is 0 Å². The van der Waals surface area contributed by atoms with E-state index in [-0.39, 0.29) is 5.82 Å². The molecular weight excluding hydrogens is 281 g/mol. The summed E-state index contributed by atoms with van der Waals surface area (Å²) in [6, 6.07) is 5.28. The van der Waals surface area contributed by atoms with E-state index in [2.05, 4.69) is 27.8 Å². The van der Waals surface area contributed by atoms with Gasteiger partial charge in [-0.25, -0.2) is 4.39 Å². The summed E-state index contributed by atoms with van der Waals surface area (Å²) in [5.74, 6) is 0.680. The van der Waals surface area contributed by atoms with Crippen LogP contribution in [0.15, 0.2) is 22.7 Å². The highest BCUT2D eigenvalue weighted by Crippen LogP contribution is 2.26. The monoisotopic (exact) mass is 299 g/mol. The molecule has 1 unspecified atom stereocenters. The standard InChI is InChI=1S/C14H19BrFN/c1-2-4-11-7-8-17(9-11)10-12-5-3-6-13(16)14(12)15/h3,5-6,11H,2,4,7-10H2,1H3. The van der Waals surface area contributed by atoms with Crippen LogP contribution in [0, 0.1) is 11.7 Å². The molecule has 1 nitrogen and oxygen atoms in total. The van der Waals surface area contributed by atoms with Gasteiger partial charge in [0.15, 0.2) is 0 Å². The van der Waals surface area contributed by atoms with Crippen LogP contribution in [0.3, 0.4) is 0 Å². The summed E-state index contributed by atoms with van der Waals surface area (Å²) in [4.78, 5) is 2.43. The molecule has 1 aromatic rings. The van der Waals surface area contributed by atoms with Crippen molar-refractivity contribution in [2.45, 2.75) is 32.7 Å². The van der Waals surface area contributed by atoms with Gasteiger partial charge in [-0.2, -0.15) is 0 Å². The van der Waals surface area contributed by atoms with Crippen molar-refractivity contribution in [2.75, 3.05) is 13.1 Å². The van der Waals surface area contributed by atoms with Crippen LogP contribution >= 0.6 is 15.9 Å². The second-order valence-corrected chi connectivity index (χ2v) is 5.68. The van der Waals surface area contributed by atoms with E-state index in [1.165, 1.54) is 25.3 Å². The predicted octanol–water partition coefficient (Wildman–Crippen LogP) is 4.21. The second-order valence-electron chi connectivity index (χ2n) is 4.89. The Hall–Kier alpha value is -0.410. The second kappa shape index (κ2) is 5.96. The number of likely N-dealkylation sites (tertiary alicyclic amines) is 1. The minimum absolute atomic E-state index is 0.160. The Morgan fingerprint density at radius 1 is 1.47 bits per heavy atom. The lowest BCUT2D eigenvalue weighted by Crippen LogP contribution is -2.20. The van der Waals surface area contributed by atoms with Crippen LogP contribution in [-0.4, -0.2) is 18.0 Å². The molecule has 3 heteroatoms. The Morgan fingerprint density at radius 3 is 3.06 bits per heavy atom. The van der Waals surface area contributed by atoms with Crippen molar-refractivity contribution in [1.29, 1.82) is 0 Å². The zero-order chi connectivity index (χ0) is 12.3. The summed E-state index contributed by atoms with van der Waals surface area (Å²) >= 11 is 3.33. The zero-order valence-corrected chi connectivity index (χ0v) is 11.8. The molecule has 0 N–H and O–H groups in total. The fourth-order valence-corrected chi connectivity index (χ4v) is 3.00. The van der Waals surface area contributed by atoms with Gasteiger partial charge < -0.3 is 0 Å². The van der Waals surface area contributed by atoms with Crippen molar-refractivity contribution in [3.8, 4) is 0 Å². The van der Waals surface area contributed by atoms with Crippen LogP contribution in [0.2, 0.25) is 0 Å². The molecule has 0 radical (unpaired) electrons. The van der Waals surface area contributed by atoms with Gasteiger partial charge in [-0.3, -0.25) is 4.90 Å². The number of rotatable bonds is 4. The number of hydrogen-bond acceptors (Lipinski definition) is 1. The van der Waals surface area contributed by atoms with Gasteiger partial charge in [-0.1, -0.05) is 25.5 Å². The zero-order valence-electron chi connectivity index (χ0n) is 10.3. The molecule has 94 valence electrons. The van der Waals surface area contributed by atoms with E-state index < -0.39 is 0 Å². The maximum absolute atomic E-state index is 13.4. The lowest BCUT2D eigenvalue weighted by molar-refractivity contribution is 0.312. The van der Waals surface area contributed by atoms with E-state index in [0.717, 1.165) is 31.1 Å². The third kappa shape index (κ3) is 3.29. The molecule has 17 heavy (non-hydrogen) atoms. The van der Waals surface area contributed by atoms with E-state index in [1.54, 1.807) is 6.07 Å². The van der Waals surface area contributed by atoms with Gasteiger partial charge in [0.25, 0.3) is 0 Å². The first-order valence-electron chi connectivity index (χ1n) is 6.36. The topological polar surface area (TPSA) is 3.24 Å². The van der Waals surface area contributed by atoms with Crippen LogP contribution in [-0.2, 0) is 6.54 Å². The summed E-state index contributed by atoms with van der Waals surface area (Å²) in [5.41, 5.74) is 1.06. The molecule has 1 aromatic carbocycles. The summed E-state index contributed by atoms with van der Waals surface area (Å²) in [5, 5.41) is 0. The highest BCUT2D eigenvalue weighted by molar-refractivity contribution is 9.10. The fraction of sp³-hybridized carbons (Fsp3) is 0.571. The van der Waals surface area contributed by atoms with E-state index >= 15 is 0 Å². The average Bonchev–Trinajstić information content (AvgIpc) is 2.73. The summed E-state index contributed by atoms with van der Waals surface area (Å²) in [6.07, 6.45) is 3.88. The Balaban J connectivity index is 1.96. The van der Waals surface area contributed by atoms with Crippen molar-refractivity contribution < 1.29 is 4.39 Å². The summed E-state index contributed by atoms with van der Waals surface area (Å²) in [7, 11) is 0. The fourth-order valence-electron chi connectivity index (χ4n) is 2.61. The quantitative estimate of drug-likeness (QED) is 0.805. The maximum Gasteiger partial charge on any atom is 0.137 e. The smallest absolute Gasteiger partial charge is 0.137 e. The van der Waals surface area contributed by atoms with Crippen LogP contribution in [0.25, 0.3) is 0 Å². The minimum Gasteiger partial charge on any atom is -0.299 e. The van der Waals surface area contributed by atoms with Crippen molar-refractivity contribution in [1.82, 2.24) is 4.90 Å². The molecule has 1 saturated heterocycles. The first kappa shape index (κ1) is 13.0. The summed E-state index contributed by atoms with van der Waals surface area (Å²) in [6.45, 7) is 5.41. The molecular formula is C14H19BrFN. The molecule has 0 spiro atoms. The van der Waals surface area contributed by atoms with Gasteiger partial charge in [0.1, 0.15) is 5.82 Å². The third-order valence-electron chi connectivity index (χ3n) is 3.49. The number of nitrogens with zero attached hydrogens (tertiary/aromatic N) is 1. The molecule has 1 fully saturated rings. The molecule has 0 amide bonds. The lowest BCUT2D eigenvalue weighted by Gasteiger charge is -2.17. The minimum atomic E-state index is -0.160. The SMILES string of the molecule is CCCC1CCN(Cc2cccc(F)c2Br)C1. The van der Waals surface area contributed by atoms with E-state index in [9.17, 15) is 4.39 Å². The molecule has 1 aliphatic heterocycles. The average molecular weight is 300 g/mol. The van der Waals surface area contributed by atoms with E-state index in [0.29, 0.717) is 4.47 Å². The molecule has 1 atom stereocenters. The van der Waals surface area contributed by atoms with Crippen LogP contribution < -0.4 is 0 Å². The molecule has 0 aromatic heterocycles. The van der Waals surface area contributed by atoms with E-state index in [1.807, 2.05) is 6.07 Å². The molecule has 0 aliphatic carbocycles. The number of hydrogen-bond donors (Lipinski definition) is 0. The van der Waals surface area contributed by atoms with Crippen LogP contribution in [0.1, 0.15) is 31.7 Å². The van der Waals surface area contributed by atoms with Gasteiger partial charge in [0.05, 0.1) is 4.47 Å². The van der Waals surface area contributed by atoms with Gasteiger partial charge in [-0.05, 0) is 52.9 Å². The normalized spacial score (nSPS) is 21.0. The first-order chi connectivity index (χ1) is 8.20. The highest BCUT2D eigenvalue weighted by Gasteiger charge is 2.22. The maximum atomic E-state index is 13.4. The van der Waals surface area contributed by atoms with Gasteiger partial charge >= 0.3 is 0 Å². The predicted molar refractivity (Wildman–Crippen MR) is 72.4 cm³/mol. The van der Waals surface area contributed by atoms with Crippen molar-refractivity contribution in [2.24, 2.45) is 5.92 Å². The van der Waals surface area contributed by atoms with Gasteiger partial charge in [0.2, 0.25) is 0 Å². The Morgan fingerprint density at radius 2 is 2.29 bits per heavy atom. The first-order valence-corrected chi connectivity index (χ1v) is 7.15. The number of benzene rings is 1. The Kier molecular flexibility index (Phi) is 4.57. The third-order valence-corrected chi connectivity index (χ3v) is 4.38. The van der Waals surface area contributed by atoms with E-state index in [4.69, 9.17) is 0 Å². The van der Waals surface area contributed by atoms with Crippen LogP contribution in [0.4, 0.5) is 4.39 Å². The lowest BCUT2D eigenvalue weighted by atomic mass is 10.0. The van der Waals surface area contributed by atoms with Crippen molar-refractivity contribution in [3.05, 3.63) is 34.1 Å². The van der Waals surface area contributed by atoms with Crippen molar-refractivity contribution >= 4 is 15.9 Å². The van der Waals surface area contributed by atoms with Crippen molar-refractivity contribution in [3.63, 3.8) is 0 Å². The Labute approximate surface area is 111 Å². The largest absolute Gasteiger partial charge is 0.299 e. The Bertz CT molecular complexity index is 380. The number of halogens is 2.